The monoisotopic (exact) mass is 255 g/mol. The van der Waals surface area contributed by atoms with Crippen LogP contribution < -0.4 is 5.32 Å². The van der Waals surface area contributed by atoms with Crippen LogP contribution in [0.4, 0.5) is 0 Å². The molecule has 1 saturated heterocycles. The minimum Gasteiger partial charge on any atom is -0.381 e. The molecule has 108 valence electrons. The highest BCUT2D eigenvalue weighted by atomic mass is 16.5. The van der Waals surface area contributed by atoms with Crippen molar-refractivity contribution in [2.75, 3.05) is 19.8 Å². The fraction of sp³-hybridized carbons (Fsp3) is 1.00. The van der Waals surface area contributed by atoms with Gasteiger partial charge in [0.2, 0.25) is 0 Å². The van der Waals surface area contributed by atoms with Crippen LogP contribution in [0, 0.1) is 10.8 Å². The average molecular weight is 255 g/mol. The van der Waals surface area contributed by atoms with E-state index >= 15 is 0 Å². The van der Waals surface area contributed by atoms with Crippen molar-refractivity contribution in [3.05, 3.63) is 0 Å². The molecule has 1 heterocycles. The molecule has 18 heavy (non-hydrogen) atoms. The van der Waals surface area contributed by atoms with Gasteiger partial charge in [-0.15, -0.1) is 0 Å². The van der Waals surface area contributed by atoms with E-state index in [0.29, 0.717) is 10.8 Å². The minimum atomic E-state index is 0.208. The molecule has 1 rings (SSSR count). The molecule has 1 fully saturated rings. The lowest BCUT2D eigenvalue weighted by Gasteiger charge is -2.33. The van der Waals surface area contributed by atoms with Crippen LogP contribution >= 0.6 is 0 Å². The smallest absolute Gasteiger partial charge is 0.0535 e. The Kier molecular flexibility index (Phi) is 5.25. The summed E-state index contributed by atoms with van der Waals surface area (Å²) in [4.78, 5) is 0. The van der Waals surface area contributed by atoms with E-state index in [1.54, 1.807) is 0 Å². The quantitative estimate of drug-likeness (QED) is 0.802. The van der Waals surface area contributed by atoms with Crippen LogP contribution in [0.25, 0.3) is 0 Å². The molecule has 0 amide bonds. The van der Waals surface area contributed by atoms with E-state index < -0.39 is 0 Å². The van der Waals surface area contributed by atoms with Gasteiger partial charge in [0.25, 0.3) is 0 Å². The third-order valence-corrected chi connectivity index (χ3v) is 3.81. The van der Waals surface area contributed by atoms with Gasteiger partial charge in [-0.1, -0.05) is 27.2 Å². The summed E-state index contributed by atoms with van der Waals surface area (Å²) >= 11 is 0. The first-order chi connectivity index (χ1) is 8.12. The van der Waals surface area contributed by atoms with E-state index in [-0.39, 0.29) is 5.54 Å². The Bertz CT molecular complexity index is 241. The zero-order valence-electron chi connectivity index (χ0n) is 13.4. The molecule has 1 unspecified atom stereocenters. The summed E-state index contributed by atoms with van der Waals surface area (Å²) in [6, 6.07) is 0. The van der Waals surface area contributed by atoms with Crippen LogP contribution in [-0.2, 0) is 4.74 Å². The van der Waals surface area contributed by atoms with Crippen molar-refractivity contribution < 1.29 is 4.74 Å². The van der Waals surface area contributed by atoms with Gasteiger partial charge in [0.05, 0.1) is 6.61 Å². The molecule has 2 nitrogen and oxygen atoms in total. The van der Waals surface area contributed by atoms with Gasteiger partial charge in [-0.3, -0.25) is 0 Å². The average Bonchev–Trinajstić information content (AvgIpc) is 2.61. The molecule has 1 aliphatic heterocycles. The second-order valence-electron chi connectivity index (χ2n) is 8.32. The zero-order chi connectivity index (χ0) is 13.9. The van der Waals surface area contributed by atoms with Crippen molar-refractivity contribution in [1.29, 1.82) is 0 Å². The van der Waals surface area contributed by atoms with Gasteiger partial charge in [-0.2, -0.15) is 0 Å². The largest absolute Gasteiger partial charge is 0.381 e. The molecule has 0 aliphatic carbocycles. The maximum atomic E-state index is 5.67. The van der Waals surface area contributed by atoms with Crippen LogP contribution in [0.5, 0.6) is 0 Å². The Morgan fingerprint density at radius 2 is 1.78 bits per heavy atom. The highest BCUT2D eigenvalue weighted by Crippen LogP contribution is 2.35. The van der Waals surface area contributed by atoms with Crippen LogP contribution in [0.3, 0.4) is 0 Å². The van der Waals surface area contributed by atoms with Gasteiger partial charge < -0.3 is 10.1 Å². The Morgan fingerprint density at radius 3 is 2.22 bits per heavy atom. The van der Waals surface area contributed by atoms with Crippen molar-refractivity contribution in [2.45, 2.75) is 72.8 Å². The summed E-state index contributed by atoms with van der Waals surface area (Å²) in [6.07, 6.45) is 5.15. The van der Waals surface area contributed by atoms with Crippen molar-refractivity contribution in [3.63, 3.8) is 0 Å². The number of ether oxygens (including phenoxy) is 1. The van der Waals surface area contributed by atoms with Gasteiger partial charge in [0.15, 0.2) is 0 Å². The van der Waals surface area contributed by atoms with Gasteiger partial charge in [0.1, 0.15) is 0 Å². The lowest BCUT2D eigenvalue weighted by molar-refractivity contribution is 0.133. The topological polar surface area (TPSA) is 21.3 Å². The van der Waals surface area contributed by atoms with Gasteiger partial charge in [-0.25, -0.2) is 0 Å². The number of rotatable bonds is 5. The molecule has 0 spiro atoms. The Labute approximate surface area is 114 Å². The predicted molar refractivity (Wildman–Crippen MR) is 78.9 cm³/mol. The second kappa shape index (κ2) is 5.92. The normalized spacial score (nSPS) is 25.7. The van der Waals surface area contributed by atoms with E-state index in [2.05, 4.69) is 46.9 Å². The molecule has 0 saturated carbocycles. The molecular formula is C16H33NO. The van der Waals surface area contributed by atoms with Gasteiger partial charge >= 0.3 is 0 Å². The first-order valence-corrected chi connectivity index (χ1v) is 7.45. The maximum absolute atomic E-state index is 5.67. The van der Waals surface area contributed by atoms with Crippen molar-refractivity contribution in [3.8, 4) is 0 Å². The third-order valence-electron chi connectivity index (χ3n) is 3.81. The lowest BCUT2D eigenvalue weighted by atomic mass is 9.79. The fourth-order valence-electron chi connectivity index (χ4n) is 2.52. The Balaban J connectivity index is 2.43. The third kappa shape index (κ3) is 6.19. The van der Waals surface area contributed by atoms with Crippen LogP contribution in [-0.4, -0.2) is 25.3 Å². The fourth-order valence-corrected chi connectivity index (χ4v) is 2.52. The predicted octanol–water partition coefficient (Wildman–Crippen LogP) is 4.00. The lowest BCUT2D eigenvalue weighted by Crippen LogP contribution is -2.44. The maximum Gasteiger partial charge on any atom is 0.0535 e. The Morgan fingerprint density at radius 1 is 1.11 bits per heavy atom. The van der Waals surface area contributed by atoms with E-state index in [9.17, 15) is 0 Å². The number of hydrogen-bond donors (Lipinski definition) is 1. The molecule has 0 aromatic rings. The summed E-state index contributed by atoms with van der Waals surface area (Å²) in [5.41, 5.74) is 1.05. The molecule has 0 aromatic heterocycles. The van der Waals surface area contributed by atoms with E-state index in [4.69, 9.17) is 4.74 Å². The molecule has 0 bridgehead atoms. The molecule has 1 atom stereocenters. The summed E-state index contributed by atoms with van der Waals surface area (Å²) in [5.74, 6) is 0. The Hall–Kier alpha value is -0.0800. The highest BCUT2D eigenvalue weighted by Gasteiger charge is 2.35. The van der Waals surface area contributed by atoms with Crippen LogP contribution in [0.1, 0.15) is 67.2 Å². The molecule has 0 aromatic carbocycles. The van der Waals surface area contributed by atoms with Crippen LogP contribution in [0.2, 0.25) is 0 Å². The van der Waals surface area contributed by atoms with E-state index in [1.165, 1.54) is 25.7 Å². The minimum absolute atomic E-state index is 0.208. The first-order valence-electron chi connectivity index (χ1n) is 7.45. The van der Waals surface area contributed by atoms with Crippen molar-refractivity contribution >= 4 is 0 Å². The molecular weight excluding hydrogens is 222 g/mol. The van der Waals surface area contributed by atoms with Crippen LogP contribution in [0.15, 0.2) is 0 Å². The van der Waals surface area contributed by atoms with E-state index in [0.717, 1.165) is 19.8 Å². The van der Waals surface area contributed by atoms with Crippen molar-refractivity contribution in [2.24, 2.45) is 10.8 Å². The first kappa shape index (κ1) is 16.0. The summed E-state index contributed by atoms with van der Waals surface area (Å²) in [6.45, 7) is 16.7. The number of hydrogen-bond acceptors (Lipinski definition) is 2. The molecule has 1 aliphatic rings. The second-order valence-corrected chi connectivity index (χ2v) is 8.32. The SMILES string of the molecule is CC(C)(C)CCCC1(CNC(C)(C)C)CCOC1. The summed E-state index contributed by atoms with van der Waals surface area (Å²) in [5, 5.41) is 3.67. The van der Waals surface area contributed by atoms with Crippen molar-refractivity contribution in [1.82, 2.24) is 5.32 Å². The molecule has 0 radical (unpaired) electrons. The van der Waals surface area contributed by atoms with E-state index in [1.807, 2.05) is 0 Å². The summed E-state index contributed by atoms with van der Waals surface area (Å²) < 4.78 is 5.67. The zero-order valence-corrected chi connectivity index (χ0v) is 13.4. The standard InChI is InChI=1S/C16H33NO/c1-14(2,3)8-7-9-16(10-11-18-13-16)12-17-15(4,5)6/h17H,7-13H2,1-6H3. The molecule has 1 N–H and O–H groups in total. The molecule has 2 heteroatoms. The summed E-state index contributed by atoms with van der Waals surface area (Å²) in [7, 11) is 0. The van der Waals surface area contributed by atoms with Gasteiger partial charge in [-0.05, 0) is 45.4 Å². The number of nitrogens with one attached hydrogen (secondary N) is 1. The van der Waals surface area contributed by atoms with Gasteiger partial charge in [0, 0.05) is 24.1 Å². The highest BCUT2D eigenvalue weighted by molar-refractivity contribution is 4.88.